The van der Waals surface area contributed by atoms with Gasteiger partial charge in [0.25, 0.3) is 0 Å². The number of benzene rings is 2. The van der Waals surface area contributed by atoms with Crippen molar-refractivity contribution in [2.45, 2.75) is 72.0 Å². The molecule has 0 aromatic heterocycles. The van der Waals surface area contributed by atoms with Gasteiger partial charge >= 0.3 is 5.97 Å². The van der Waals surface area contributed by atoms with E-state index in [-0.39, 0.29) is 18.0 Å². The van der Waals surface area contributed by atoms with Crippen LogP contribution in [0.5, 0.6) is 0 Å². The number of allylic oxidation sites excluding steroid dienone is 2. The number of amides is 1. The molecule has 1 saturated heterocycles. The highest BCUT2D eigenvalue weighted by Crippen LogP contribution is 2.38. The molecule has 2 aromatic carbocycles. The number of piperazine rings is 1. The molecule has 1 aliphatic carbocycles. The van der Waals surface area contributed by atoms with Gasteiger partial charge in [0.1, 0.15) is 0 Å². The van der Waals surface area contributed by atoms with Crippen LogP contribution in [0, 0.1) is 5.41 Å². The number of carbonyl (C=O) groups is 2. The Balaban J connectivity index is 1.36. The standard InChI is InChI=1S/C30H38N2O3/c1-21-18-31(19-22(2)32(21)20-23-8-10-26(11-9-23)29(34)35)28(33)17-24-6-5-7-27(16-24)25-12-14-30(3,4)15-13-25/h5-12,16,21-22H,13-15,17-20H2,1-4H3,(H,34,35)/t21-,22+. The summed E-state index contributed by atoms with van der Waals surface area (Å²) in [5, 5.41) is 9.12. The molecular weight excluding hydrogens is 436 g/mol. The van der Waals surface area contributed by atoms with Crippen LogP contribution in [-0.4, -0.2) is 52.0 Å². The molecule has 186 valence electrons. The van der Waals surface area contributed by atoms with Crippen LogP contribution >= 0.6 is 0 Å². The van der Waals surface area contributed by atoms with Crippen molar-refractivity contribution in [3.05, 3.63) is 76.9 Å². The van der Waals surface area contributed by atoms with Crippen molar-refractivity contribution in [1.82, 2.24) is 9.80 Å². The molecule has 5 nitrogen and oxygen atoms in total. The molecule has 0 saturated carbocycles. The topological polar surface area (TPSA) is 60.9 Å². The van der Waals surface area contributed by atoms with Crippen molar-refractivity contribution >= 4 is 17.4 Å². The van der Waals surface area contributed by atoms with Crippen molar-refractivity contribution in [3.63, 3.8) is 0 Å². The fourth-order valence-electron chi connectivity index (χ4n) is 5.34. The minimum atomic E-state index is -0.907. The Morgan fingerprint density at radius 1 is 1.00 bits per heavy atom. The average molecular weight is 475 g/mol. The maximum Gasteiger partial charge on any atom is 0.335 e. The molecular formula is C30H38N2O3. The van der Waals surface area contributed by atoms with Gasteiger partial charge in [0, 0.05) is 31.7 Å². The third kappa shape index (κ3) is 6.21. The van der Waals surface area contributed by atoms with E-state index in [9.17, 15) is 9.59 Å². The van der Waals surface area contributed by atoms with Gasteiger partial charge in [-0.1, -0.05) is 56.3 Å². The second-order valence-corrected chi connectivity index (χ2v) is 11.1. The fraction of sp³-hybridized carbons (Fsp3) is 0.467. The Labute approximate surface area is 209 Å². The first-order valence-corrected chi connectivity index (χ1v) is 12.8. The number of carboxylic acid groups (broad SMARTS) is 1. The Morgan fingerprint density at radius 2 is 1.69 bits per heavy atom. The highest BCUT2D eigenvalue weighted by Gasteiger charge is 2.31. The van der Waals surface area contributed by atoms with Crippen LogP contribution in [0.25, 0.3) is 5.57 Å². The first kappa shape index (κ1) is 25.2. The molecule has 2 atom stereocenters. The van der Waals surface area contributed by atoms with Gasteiger partial charge in [-0.25, -0.2) is 4.79 Å². The first-order valence-electron chi connectivity index (χ1n) is 12.8. The predicted octanol–water partition coefficient (Wildman–Crippen LogP) is 5.64. The summed E-state index contributed by atoms with van der Waals surface area (Å²) in [5.41, 5.74) is 5.52. The zero-order valence-electron chi connectivity index (χ0n) is 21.5. The lowest BCUT2D eigenvalue weighted by atomic mass is 9.77. The molecule has 1 heterocycles. The largest absolute Gasteiger partial charge is 0.478 e. The van der Waals surface area contributed by atoms with Crippen LogP contribution in [0.2, 0.25) is 0 Å². The van der Waals surface area contributed by atoms with Gasteiger partial charge in [-0.05, 0) is 72.9 Å². The molecule has 0 spiro atoms. The quantitative estimate of drug-likeness (QED) is 0.588. The average Bonchev–Trinajstić information content (AvgIpc) is 2.81. The number of hydrogen-bond donors (Lipinski definition) is 1. The SMILES string of the molecule is C[C@@H]1CN(C(=O)Cc2cccc(C3=CCC(C)(C)CC3)c2)C[C@H](C)N1Cc1ccc(C(=O)O)cc1. The number of hydrogen-bond acceptors (Lipinski definition) is 3. The van der Waals surface area contributed by atoms with Crippen LogP contribution in [0.4, 0.5) is 0 Å². The minimum Gasteiger partial charge on any atom is -0.478 e. The summed E-state index contributed by atoms with van der Waals surface area (Å²) in [6.45, 7) is 11.1. The summed E-state index contributed by atoms with van der Waals surface area (Å²) in [6, 6.07) is 16.1. The molecule has 1 fully saturated rings. The Hall–Kier alpha value is -2.92. The number of nitrogens with zero attached hydrogens (tertiary/aromatic N) is 2. The summed E-state index contributed by atoms with van der Waals surface area (Å²) in [4.78, 5) is 28.8. The van der Waals surface area contributed by atoms with Crippen molar-refractivity contribution in [3.8, 4) is 0 Å². The molecule has 1 aliphatic heterocycles. The van der Waals surface area contributed by atoms with Gasteiger partial charge < -0.3 is 10.0 Å². The molecule has 1 N–H and O–H groups in total. The maximum atomic E-state index is 13.2. The highest BCUT2D eigenvalue weighted by atomic mass is 16.4. The Kier molecular flexibility index (Phi) is 7.46. The van der Waals surface area contributed by atoms with E-state index in [1.54, 1.807) is 12.1 Å². The molecule has 4 rings (SSSR count). The first-order chi connectivity index (χ1) is 16.6. The van der Waals surface area contributed by atoms with Crippen LogP contribution in [-0.2, 0) is 17.8 Å². The van der Waals surface area contributed by atoms with E-state index >= 15 is 0 Å². The van der Waals surface area contributed by atoms with E-state index in [0.717, 1.165) is 30.5 Å². The smallest absolute Gasteiger partial charge is 0.335 e. The van der Waals surface area contributed by atoms with E-state index in [1.807, 2.05) is 17.0 Å². The molecule has 0 radical (unpaired) electrons. The fourth-order valence-corrected chi connectivity index (χ4v) is 5.34. The van der Waals surface area contributed by atoms with Gasteiger partial charge in [-0.3, -0.25) is 9.69 Å². The molecule has 5 heteroatoms. The van der Waals surface area contributed by atoms with Gasteiger partial charge in [-0.15, -0.1) is 0 Å². The third-order valence-corrected chi connectivity index (χ3v) is 7.65. The van der Waals surface area contributed by atoms with Crippen molar-refractivity contribution in [2.24, 2.45) is 5.41 Å². The normalized spacial score (nSPS) is 22.5. The maximum absolute atomic E-state index is 13.2. The van der Waals surface area contributed by atoms with Crippen LogP contribution in [0.3, 0.4) is 0 Å². The van der Waals surface area contributed by atoms with E-state index in [0.29, 0.717) is 30.5 Å². The number of carbonyl (C=O) groups excluding carboxylic acids is 1. The van der Waals surface area contributed by atoms with Crippen molar-refractivity contribution in [1.29, 1.82) is 0 Å². The van der Waals surface area contributed by atoms with Gasteiger partial charge in [0.15, 0.2) is 0 Å². The Morgan fingerprint density at radius 3 is 2.29 bits per heavy atom. The molecule has 35 heavy (non-hydrogen) atoms. The second-order valence-electron chi connectivity index (χ2n) is 11.1. The molecule has 1 amide bonds. The summed E-state index contributed by atoms with van der Waals surface area (Å²) < 4.78 is 0. The van der Waals surface area contributed by atoms with E-state index < -0.39 is 5.97 Å². The van der Waals surface area contributed by atoms with E-state index in [4.69, 9.17) is 5.11 Å². The summed E-state index contributed by atoms with van der Waals surface area (Å²) in [7, 11) is 0. The van der Waals surface area contributed by atoms with Gasteiger partial charge in [0.2, 0.25) is 5.91 Å². The van der Waals surface area contributed by atoms with Gasteiger partial charge in [-0.2, -0.15) is 0 Å². The third-order valence-electron chi connectivity index (χ3n) is 7.65. The van der Waals surface area contributed by atoms with Crippen LogP contribution < -0.4 is 0 Å². The van der Waals surface area contributed by atoms with Crippen LogP contribution in [0.1, 0.15) is 74.0 Å². The minimum absolute atomic E-state index is 0.185. The number of aromatic carboxylic acids is 1. The zero-order chi connectivity index (χ0) is 25.2. The summed E-state index contributed by atoms with van der Waals surface area (Å²) >= 11 is 0. The molecule has 2 aliphatic rings. The predicted molar refractivity (Wildman–Crippen MR) is 140 cm³/mol. The molecule has 0 bridgehead atoms. The Bertz CT molecular complexity index is 1090. The summed E-state index contributed by atoms with van der Waals surface area (Å²) in [6.07, 6.45) is 6.21. The number of carboxylic acids is 1. The summed E-state index contributed by atoms with van der Waals surface area (Å²) in [5.74, 6) is -0.722. The van der Waals surface area contributed by atoms with Crippen molar-refractivity contribution < 1.29 is 14.7 Å². The lowest BCUT2D eigenvalue weighted by Crippen LogP contribution is -2.57. The molecule has 2 aromatic rings. The monoisotopic (exact) mass is 474 g/mol. The van der Waals surface area contributed by atoms with Crippen molar-refractivity contribution in [2.75, 3.05) is 13.1 Å². The van der Waals surface area contributed by atoms with E-state index in [2.05, 4.69) is 62.9 Å². The van der Waals surface area contributed by atoms with Gasteiger partial charge in [0.05, 0.1) is 12.0 Å². The molecule has 0 unspecified atom stereocenters. The lowest BCUT2D eigenvalue weighted by molar-refractivity contribution is -0.135. The van der Waals surface area contributed by atoms with Crippen LogP contribution in [0.15, 0.2) is 54.6 Å². The lowest BCUT2D eigenvalue weighted by Gasteiger charge is -2.44. The highest BCUT2D eigenvalue weighted by molar-refractivity contribution is 5.87. The number of rotatable bonds is 6. The van der Waals surface area contributed by atoms with E-state index in [1.165, 1.54) is 17.6 Å². The zero-order valence-corrected chi connectivity index (χ0v) is 21.5. The second kappa shape index (κ2) is 10.4.